The molecule has 2 heterocycles. The van der Waals surface area contributed by atoms with E-state index in [0.717, 1.165) is 18.0 Å². The molecule has 0 aliphatic rings. The molecule has 2 aromatic heterocycles. The maximum atomic E-state index is 4.18. The minimum atomic E-state index is 0. The van der Waals surface area contributed by atoms with E-state index in [4.69, 9.17) is 0 Å². The largest absolute Gasteiger partial charge is 0.307 e. The van der Waals surface area contributed by atoms with Crippen LogP contribution in [0.2, 0.25) is 0 Å². The van der Waals surface area contributed by atoms with Gasteiger partial charge in [-0.3, -0.25) is 4.40 Å². The molecule has 0 radical (unpaired) electrons. The third-order valence-electron chi connectivity index (χ3n) is 2.97. The Hall–Kier alpha value is -1.13. The van der Waals surface area contributed by atoms with Crippen LogP contribution in [0, 0.1) is 5.92 Å². The summed E-state index contributed by atoms with van der Waals surface area (Å²) in [4.78, 5) is 0. The summed E-state index contributed by atoms with van der Waals surface area (Å²) in [5, 5.41) is 11.7. The Bertz CT molecular complexity index is 466. The molecule has 2 rings (SSSR count). The molecule has 1 unspecified atom stereocenters. The fraction of sp³-hybridized carbons (Fsp3) is 0.500. The molecule has 0 fully saturated rings. The monoisotopic (exact) mass is 254 g/mol. The van der Waals surface area contributed by atoms with Gasteiger partial charge in [0.15, 0.2) is 11.5 Å². The van der Waals surface area contributed by atoms with Crippen LogP contribution in [0.4, 0.5) is 0 Å². The highest BCUT2D eigenvalue weighted by atomic mass is 35.5. The fourth-order valence-electron chi connectivity index (χ4n) is 1.50. The summed E-state index contributed by atoms with van der Waals surface area (Å²) in [6, 6.07) is 6.41. The summed E-state index contributed by atoms with van der Waals surface area (Å²) in [7, 11) is 0. The number of hydrogen-bond acceptors (Lipinski definition) is 3. The summed E-state index contributed by atoms with van der Waals surface area (Å²) in [6.07, 6.45) is 1.99. The Morgan fingerprint density at radius 3 is 2.71 bits per heavy atom. The topological polar surface area (TPSA) is 42.2 Å². The number of pyridine rings is 1. The average Bonchev–Trinajstić information content (AvgIpc) is 2.69. The molecule has 0 amide bonds. The van der Waals surface area contributed by atoms with Gasteiger partial charge in [-0.15, -0.1) is 22.6 Å². The van der Waals surface area contributed by atoms with Gasteiger partial charge >= 0.3 is 0 Å². The number of nitrogens with one attached hydrogen (secondary N) is 1. The standard InChI is InChI=1S/C12H18N4.ClH/c1-9(2)10(3)13-8-12-15-14-11-6-4-5-7-16(11)12;/h4-7,9-10,13H,8H2,1-3H3;1H. The van der Waals surface area contributed by atoms with Gasteiger partial charge in [0, 0.05) is 12.2 Å². The maximum absolute atomic E-state index is 4.18. The van der Waals surface area contributed by atoms with Crippen molar-refractivity contribution < 1.29 is 0 Å². The first-order valence-electron chi connectivity index (χ1n) is 5.70. The summed E-state index contributed by atoms with van der Waals surface area (Å²) in [5.41, 5.74) is 0.900. The molecule has 5 heteroatoms. The molecule has 1 N–H and O–H groups in total. The van der Waals surface area contributed by atoms with Crippen LogP contribution in [0.15, 0.2) is 24.4 Å². The van der Waals surface area contributed by atoms with Crippen LogP contribution >= 0.6 is 12.4 Å². The first kappa shape index (κ1) is 13.9. The lowest BCUT2D eigenvalue weighted by molar-refractivity contribution is 0.420. The first-order chi connectivity index (χ1) is 7.68. The second-order valence-electron chi connectivity index (χ2n) is 4.46. The van der Waals surface area contributed by atoms with E-state index in [1.165, 1.54) is 0 Å². The van der Waals surface area contributed by atoms with E-state index in [2.05, 4.69) is 36.3 Å². The van der Waals surface area contributed by atoms with Crippen molar-refractivity contribution in [2.75, 3.05) is 0 Å². The predicted octanol–water partition coefficient (Wildman–Crippen LogP) is 2.29. The van der Waals surface area contributed by atoms with Crippen LogP contribution < -0.4 is 5.32 Å². The van der Waals surface area contributed by atoms with E-state index in [-0.39, 0.29) is 12.4 Å². The van der Waals surface area contributed by atoms with Gasteiger partial charge in [0.1, 0.15) is 0 Å². The van der Waals surface area contributed by atoms with Crippen molar-refractivity contribution in [2.24, 2.45) is 5.92 Å². The van der Waals surface area contributed by atoms with E-state index < -0.39 is 0 Å². The normalized spacial score (nSPS) is 12.7. The van der Waals surface area contributed by atoms with Crippen molar-refractivity contribution in [3.05, 3.63) is 30.2 Å². The molecule has 1 atom stereocenters. The predicted molar refractivity (Wildman–Crippen MR) is 71.4 cm³/mol. The van der Waals surface area contributed by atoms with Crippen molar-refractivity contribution in [1.82, 2.24) is 19.9 Å². The second kappa shape index (κ2) is 5.98. The van der Waals surface area contributed by atoms with Gasteiger partial charge < -0.3 is 5.32 Å². The molecule has 0 aliphatic carbocycles. The molecular weight excluding hydrogens is 236 g/mol. The molecule has 0 aromatic carbocycles. The Morgan fingerprint density at radius 2 is 2.00 bits per heavy atom. The summed E-state index contributed by atoms with van der Waals surface area (Å²) in [6.45, 7) is 7.36. The first-order valence-corrected chi connectivity index (χ1v) is 5.70. The second-order valence-corrected chi connectivity index (χ2v) is 4.46. The van der Waals surface area contributed by atoms with Gasteiger partial charge in [-0.05, 0) is 25.0 Å². The van der Waals surface area contributed by atoms with Crippen LogP contribution in [-0.4, -0.2) is 20.6 Å². The number of hydrogen-bond donors (Lipinski definition) is 1. The molecule has 94 valence electrons. The van der Waals surface area contributed by atoms with Gasteiger partial charge in [-0.1, -0.05) is 19.9 Å². The average molecular weight is 255 g/mol. The fourth-order valence-corrected chi connectivity index (χ4v) is 1.50. The zero-order valence-corrected chi connectivity index (χ0v) is 11.2. The van der Waals surface area contributed by atoms with Crippen molar-refractivity contribution in [3.8, 4) is 0 Å². The van der Waals surface area contributed by atoms with Crippen LogP contribution in [0.1, 0.15) is 26.6 Å². The van der Waals surface area contributed by atoms with Crippen molar-refractivity contribution >= 4 is 18.1 Å². The molecule has 2 aromatic rings. The zero-order valence-electron chi connectivity index (χ0n) is 10.4. The lowest BCUT2D eigenvalue weighted by atomic mass is 10.1. The molecule has 4 nitrogen and oxygen atoms in total. The highest BCUT2D eigenvalue weighted by Gasteiger charge is 2.08. The minimum absolute atomic E-state index is 0. The van der Waals surface area contributed by atoms with E-state index in [0.29, 0.717) is 12.0 Å². The quantitative estimate of drug-likeness (QED) is 0.910. The summed E-state index contributed by atoms with van der Waals surface area (Å²) in [5.74, 6) is 1.59. The highest BCUT2D eigenvalue weighted by Crippen LogP contribution is 2.04. The lowest BCUT2D eigenvalue weighted by Crippen LogP contribution is -2.30. The van der Waals surface area contributed by atoms with E-state index in [9.17, 15) is 0 Å². The Balaban J connectivity index is 0.00000144. The van der Waals surface area contributed by atoms with Crippen molar-refractivity contribution in [2.45, 2.75) is 33.4 Å². The smallest absolute Gasteiger partial charge is 0.160 e. The third kappa shape index (κ3) is 3.17. The number of fused-ring (bicyclic) bond motifs is 1. The molecule has 0 bridgehead atoms. The molecule has 0 saturated heterocycles. The maximum Gasteiger partial charge on any atom is 0.160 e. The van der Waals surface area contributed by atoms with Gasteiger partial charge in [0.2, 0.25) is 0 Å². The molecule has 0 spiro atoms. The molecule has 17 heavy (non-hydrogen) atoms. The van der Waals surface area contributed by atoms with Gasteiger partial charge in [0.05, 0.1) is 6.54 Å². The molecular formula is C12H19ClN4. The number of halogens is 1. The van der Waals surface area contributed by atoms with E-state index in [1.807, 2.05) is 28.8 Å². The highest BCUT2D eigenvalue weighted by molar-refractivity contribution is 5.85. The third-order valence-corrected chi connectivity index (χ3v) is 2.97. The van der Waals surface area contributed by atoms with Crippen LogP contribution in [0.25, 0.3) is 5.65 Å². The van der Waals surface area contributed by atoms with Crippen LogP contribution in [-0.2, 0) is 6.54 Å². The number of rotatable bonds is 4. The molecule has 0 aliphatic heterocycles. The summed E-state index contributed by atoms with van der Waals surface area (Å²) < 4.78 is 2.01. The van der Waals surface area contributed by atoms with Crippen LogP contribution in [0.5, 0.6) is 0 Å². The summed E-state index contributed by atoms with van der Waals surface area (Å²) >= 11 is 0. The lowest BCUT2D eigenvalue weighted by Gasteiger charge is -2.16. The van der Waals surface area contributed by atoms with E-state index in [1.54, 1.807) is 0 Å². The number of nitrogens with zero attached hydrogens (tertiary/aromatic N) is 3. The molecule has 0 saturated carbocycles. The minimum Gasteiger partial charge on any atom is -0.307 e. The Kier molecular flexibility index (Phi) is 4.90. The van der Waals surface area contributed by atoms with Gasteiger partial charge in [0.25, 0.3) is 0 Å². The van der Waals surface area contributed by atoms with Gasteiger partial charge in [-0.25, -0.2) is 0 Å². The van der Waals surface area contributed by atoms with Crippen molar-refractivity contribution in [1.29, 1.82) is 0 Å². The Morgan fingerprint density at radius 1 is 1.24 bits per heavy atom. The van der Waals surface area contributed by atoms with E-state index >= 15 is 0 Å². The number of aromatic nitrogens is 3. The Labute approximate surface area is 108 Å². The van der Waals surface area contributed by atoms with Crippen LogP contribution in [0.3, 0.4) is 0 Å². The zero-order chi connectivity index (χ0) is 11.5. The van der Waals surface area contributed by atoms with Gasteiger partial charge in [-0.2, -0.15) is 0 Å². The SMILES string of the molecule is CC(C)C(C)NCc1nnc2ccccn12.Cl. The van der Waals surface area contributed by atoms with Crippen molar-refractivity contribution in [3.63, 3.8) is 0 Å².